The zero-order chi connectivity index (χ0) is 21.5. The second-order valence-corrected chi connectivity index (χ2v) is 7.71. The zero-order valence-corrected chi connectivity index (χ0v) is 17.7. The van der Waals surface area contributed by atoms with Gasteiger partial charge in [-0.1, -0.05) is 43.7 Å². The smallest absolute Gasteiger partial charge is 0.261 e. The molecule has 0 saturated carbocycles. The molecule has 0 saturated heterocycles. The highest BCUT2D eigenvalue weighted by molar-refractivity contribution is 6.22. The van der Waals surface area contributed by atoms with E-state index in [9.17, 15) is 14.4 Å². The molecule has 0 atom stereocenters. The molecule has 0 radical (unpaired) electrons. The molecule has 0 aliphatic carbocycles. The van der Waals surface area contributed by atoms with E-state index in [2.05, 4.69) is 29.4 Å². The van der Waals surface area contributed by atoms with Gasteiger partial charge in [0, 0.05) is 25.2 Å². The van der Waals surface area contributed by atoms with Crippen molar-refractivity contribution in [2.24, 2.45) is 0 Å². The molecule has 30 heavy (non-hydrogen) atoms. The summed E-state index contributed by atoms with van der Waals surface area (Å²) in [4.78, 5) is 40.9. The number of carbonyl (C=O) groups is 3. The van der Waals surface area contributed by atoms with Crippen LogP contribution in [0.1, 0.15) is 62.8 Å². The summed E-state index contributed by atoms with van der Waals surface area (Å²) in [5.74, 6) is -0.798. The third kappa shape index (κ3) is 5.13. The Hall–Kier alpha value is -2.99. The lowest BCUT2D eigenvalue weighted by Crippen LogP contribution is -2.30. The van der Waals surface area contributed by atoms with Crippen LogP contribution in [-0.4, -0.2) is 54.2 Å². The van der Waals surface area contributed by atoms with Crippen LogP contribution in [-0.2, 0) is 6.54 Å². The number of carbonyl (C=O) groups excluding carboxylic acids is 3. The van der Waals surface area contributed by atoms with Gasteiger partial charge in [-0.3, -0.25) is 19.3 Å². The van der Waals surface area contributed by atoms with Crippen molar-refractivity contribution in [3.8, 4) is 0 Å². The van der Waals surface area contributed by atoms with Crippen LogP contribution >= 0.6 is 0 Å². The van der Waals surface area contributed by atoms with E-state index < -0.39 is 0 Å². The van der Waals surface area contributed by atoms with Gasteiger partial charge in [0.1, 0.15) is 0 Å². The van der Waals surface area contributed by atoms with E-state index >= 15 is 0 Å². The Morgan fingerprint density at radius 3 is 2.47 bits per heavy atom. The van der Waals surface area contributed by atoms with Crippen LogP contribution in [0.4, 0.5) is 0 Å². The van der Waals surface area contributed by atoms with Crippen LogP contribution < -0.4 is 5.32 Å². The van der Waals surface area contributed by atoms with E-state index in [0.717, 1.165) is 32.4 Å². The van der Waals surface area contributed by atoms with Crippen LogP contribution in [0.3, 0.4) is 0 Å². The molecule has 0 bridgehead atoms. The standard InChI is InChI=1S/C24H29N3O3/c1-3-4-15-27-23(29)20-12-11-19(16-21(20)24(27)30)22(28)25-13-8-14-26(2)17-18-9-6-5-7-10-18/h5-7,9-12,16H,3-4,8,13-15,17H2,1-2H3,(H,25,28). The minimum atomic E-state index is -0.305. The predicted molar refractivity (Wildman–Crippen MR) is 116 cm³/mol. The van der Waals surface area contributed by atoms with Crippen molar-refractivity contribution < 1.29 is 14.4 Å². The van der Waals surface area contributed by atoms with E-state index in [1.165, 1.54) is 10.5 Å². The van der Waals surface area contributed by atoms with Crippen LogP contribution in [0, 0.1) is 0 Å². The maximum Gasteiger partial charge on any atom is 0.261 e. The maximum atomic E-state index is 12.5. The van der Waals surface area contributed by atoms with Crippen molar-refractivity contribution in [3.63, 3.8) is 0 Å². The van der Waals surface area contributed by atoms with Crippen molar-refractivity contribution in [2.75, 3.05) is 26.7 Å². The topological polar surface area (TPSA) is 69.7 Å². The lowest BCUT2D eigenvalue weighted by Gasteiger charge is -2.16. The molecule has 2 aromatic rings. The number of amides is 3. The fraction of sp³-hybridized carbons (Fsp3) is 0.375. The molecule has 0 unspecified atom stereocenters. The second-order valence-electron chi connectivity index (χ2n) is 7.71. The van der Waals surface area contributed by atoms with Gasteiger partial charge in [0.05, 0.1) is 11.1 Å². The molecule has 1 aliphatic rings. The normalized spacial score (nSPS) is 13.1. The molecule has 6 heteroatoms. The average molecular weight is 408 g/mol. The number of fused-ring (bicyclic) bond motifs is 1. The van der Waals surface area contributed by atoms with Crippen molar-refractivity contribution in [2.45, 2.75) is 32.7 Å². The highest BCUT2D eigenvalue weighted by atomic mass is 16.2. The van der Waals surface area contributed by atoms with Crippen LogP contribution in [0.15, 0.2) is 48.5 Å². The number of benzene rings is 2. The van der Waals surface area contributed by atoms with Gasteiger partial charge in [-0.25, -0.2) is 0 Å². The van der Waals surface area contributed by atoms with Gasteiger partial charge in [0.2, 0.25) is 0 Å². The van der Waals surface area contributed by atoms with E-state index in [4.69, 9.17) is 0 Å². The quantitative estimate of drug-likeness (QED) is 0.484. The molecule has 2 aromatic carbocycles. The van der Waals surface area contributed by atoms with Gasteiger partial charge in [-0.15, -0.1) is 0 Å². The van der Waals surface area contributed by atoms with E-state index in [1.54, 1.807) is 18.2 Å². The van der Waals surface area contributed by atoms with Gasteiger partial charge < -0.3 is 10.2 Å². The van der Waals surface area contributed by atoms with Gasteiger partial charge in [-0.2, -0.15) is 0 Å². The van der Waals surface area contributed by atoms with Gasteiger partial charge in [0.25, 0.3) is 17.7 Å². The number of rotatable bonds is 10. The first-order valence-electron chi connectivity index (χ1n) is 10.5. The summed E-state index contributed by atoms with van der Waals surface area (Å²) < 4.78 is 0. The molecular formula is C24H29N3O3. The summed E-state index contributed by atoms with van der Waals surface area (Å²) >= 11 is 0. The fourth-order valence-electron chi connectivity index (χ4n) is 3.58. The first-order valence-corrected chi connectivity index (χ1v) is 10.5. The summed E-state index contributed by atoms with van der Waals surface area (Å²) in [6.07, 6.45) is 2.50. The van der Waals surface area contributed by atoms with Crippen LogP contribution in [0.5, 0.6) is 0 Å². The van der Waals surface area contributed by atoms with Crippen molar-refractivity contribution in [1.82, 2.24) is 15.1 Å². The Bertz CT molecular complexity index is 911. The summed E-state index contributed by atoms with van der Waals surface area (Å²) in [5, 5.41) is 2.91. The lowest BCUT2D eigenvalue weighted by molar-refractivity contribution is 0.0652. The summed E-state index contributed by atoms with van der Waals surface area (Å²) in [6.45, 7) is 4.70. The summed E-state index contributed by atoms with van der Waals surface area (Å²) in [6, 6.07) is 15.0. The minimum Gasteiger partial charge on any atom is -0.352 e. The molecule has 158 valence electrons. The highest BCUT2D eigenvalue weighted by Crippen LogP contribution is 2.24. The van der Waals surface area contributed by atoms with Crippen molar-refractivity contribution >= 4 is 17.7 Å². The van der Waals surface area contributed by atoms with Crippen molar-refractivity contribution in [3.05, 3.63) is 70.8 Å². The Kier molecular flexibility index (Phi) is 7.36. The van der Waals surface area contributed by atoms with Gasteiger partial charge >= 0.3 is 0 Å². The number of hydrogen-bond donors (Lipinski definition) is 1. The predicted octanol–water partition coefficient (Wildman–Crippen LogP) is 3.33. The molecule has 0 fully saturated rings. The van der Waals surface area contributed by atoms with E-state index in [0.29, 0.717) is 29.8 Å². The second kappa shape index (κ2) is 10.2. The Labute approximate surface area is 177 Å². The first-order chi connectivity index (χ1) is 14.5. The van der Waals surface area contributed by atoms with E-state index in [-0.39, 0.29) is 17.7 Å². The third-order valence-corrected chi connectivity index (χ3v) is 5.27. The Morgan fingerprint density at radius 2 is 1.73 bits per heavy atom. The van der Waals surface area contributed by atoms with Gasteiger partial charge in [-0.05, 0) is 50.2 Å². The molecule has 6 nitrogen and oxygen atoms in total. The molecular weight excluding hydrogens is 378 g/mol. The largest absolute Gasteiger partial charge is 0.352 e. The van der Waals surface area contributed by atoms with Gasteiger partial charge in [0.15, 0.2) is 0 Å². The fourth-order valence-corrected chi connectivity index (χ4v) is 3.58. The molecule has 1 N–H and O–H groups in total. The van der Waals surface area contributed by atoms with E-state index in [1.807, 2.05) is 25.1 Å². The molecule has 1 aliphatic heterocycles. The number of hydrogen-bond acceptors (Lipinski definition) is 4. The zero-order valence-electron chi connectivity index (χ0n) is 17.7. The first kappa shape index (κ1) is 21.7. The highest BCUT2D eigenvalue weighted by Gasteiger charge is 2.35. The van der Waals surface area contributed by atoms with Crippen LogP contribution in [0.2, 0.25) is 0 Å². The Balaban J connectivity index is 1.49. The molecule has 0 aromatic heterocycles. The number of imide groups is 1. The number of nitrogens with zero attached hydrogens (tertiary/aromatic N) is 2. The lowest BCUT2D eigenvalue weighted by atomic mass is 10.1. The maximum absolute atomic E-state index is 12.5. The average Bonchev–Trinajstić information content (AvgIpc) is 2.99. The number of nitrogens with one attached hydrogen (secondary N) is 1. The SMILES string of the molecule is CCCCN1C(=O)c2ccc(C(=O)NCCCN(C)Cc3ccccc3)cc2C1=O. The molecule has 1 heterocycles. The monoisotopic (exact) mass is 407 g/mol. The Morgan fingerprint density at radius 1 is 1.00 bits per heavy atom. The summed E-state index contributed by atoms with van der Waals surface area (Å²) in [7, 11) is 2.06. The summed E-state index contributed by atoms with van der Waals surface area (Å²) in [5.41, 5.74) is 2.38. The molecule has 3 amide bonds. The van der Waals surface area contributed by atoms with Crippen LogP contribution in [0.25, 0.3) is 0 Å². The van der Waals surface area contributed by atoms with Crippen molar-refractivity contribution in [1.29, 1.82) is 0 Å². The minimum absolute atomic E-state index is 0.226. The number of unbranched alkanes of at least 4 members (excludes halogenated alkanes) is 1. The molecule has 0 spiro atoms. The third-order valence-electron chi connectivity index (χ3n) is 5.27. The molecule has 3 rings (SSSR count).